The molecule has 0 unspecified atom stereocenters. The second kappa shape index (κ2) is 8.84. The van der Waals surface area contributed by atoms with Crippen LogP contribution in [-0.4, -0.2) is 31.0 Å². The number of anilines is 1. The topological polar surface area (TPSA) is 62.8 Å². The van der Waals surface area contributed by atoms with Crippen LogP contribution in [0.3, 0.4) is 0 Å². The lowest BCUT2D eigenvalue weighted by Gasteiger charge is -2.28. The van der Waals surface area contributed by atoms with E-state index in [1.165, 1.54) is 10.4 Å². The van der Waals surface area contributed by atoms with Crippen LogP contribution < -0.4 is 20.1 Å². The lowest BCUT2D eigenvalue weighted by Crippen LogP contribution is -2.38. The molecule has 0 saturated carbocycles. The van der Waals surface area contributed by atoms with E-state index in [1.807, 2.05) is 48.5 Å². The molecule has 2 aliphatic heterocycles. The number of ether oxygens (including phenoxy) is 2. The zero-order valence-corrected chi connectivity index (χ0v) is 19.1. The Morgan fingerprint density at radius 1 is 1.12 bits per heavy atom. The molecule has 1 atom stereocenters. The van der Waals surface area contributed by atoms with Gasteiger partial charge in [0, 0.05) is 18.0 Å². The minimum absolute atomic E-state index is 0.00503. The summed E-state index contributed by atoms with van der Waals surface area (Å²) in [4.78, 5) is 16.7. The van der Waals surface area contributed by atoms with Crippen LogP contribution in [-0.2, 0) is 19.6 Å². The Balaban J connectivity index is 1.35. The summed E-state index contributed by atoms with van der Waals surface area (Å²) in [5.41, 5.74) is 4.05. The predicted octanol–water partition coefficient (Wildman–Crippen LogP) is 4.57. The van der Waals surface area contributed by atoms with E-state index in [2.05, 4.69) is 22.5 Å². The molecule has 0 radical (unpaired) electrons. The quantitative estimate of drug-likeness (QED) is 0.577. The lowest BCUT2D eigenvalue weighted by atomic mass is 10.0. The highest BCUT2D eigenvalue weighted by atomic mass is 32.1. The minimum Gasteiger partial charge on any atom is -0.493 e. The van der Waals surface area contributed by atoms with Gasteiger partial charge in [0.25, 0.3) is 5.91 Å². The van der Waals surface area contributed by atoms with E-state index in [1.54, 1.807) is 18.4 Å². The van der Waals surface area contributed by atoms with Crippen LogP contribution in [0.4, 0.5) is 5.00 Å². The van der Waals surface area contributed by atoms with Gasteiger partial charge in [-0.1, -0.05) is 43.3 Å². The van der Waals surface area contributed by atoms with Crippen LogP contribution in [0.2, 0.25) is 0 Å². The number of amides is 1. The fourth-order valence-corrected chi connectivity index (χ4v) is 5.64. The van der Waals surface area contributed by atoms with Crippen LogP contribution in [0.1, 0.15) is 45.0 Å². The number of benzene rings is 2. The van der Waals surface area contributed by atoms with Gasteiger partial charge in [0.1, 0.15) is 17.8 Å². The number of likely N-dealkylation sites (N-methyl/N-ethyl adjacent to an activating group) is 1. The van der Waals surface area contributed by atoms with Crippen molar-refractivity contribution in [3.8, 4) is 11.5 Å². The van der Waals surface area contributed by atoms with E-state index in [9.17, 15) is 4.79 Å². The third-order valence-electron chi connectivity index (χ3n) is 6.12. The van der Waals surface area contributed by atoms with Crippen LogP contribution >= 0.6 is 11.3 Å². The van der Waals surface area contributed by atoms with Gasteiger partial charge in [-0.15, -0.1) is 11.3 Å². The number of rotatable bonds is 6. The number of fused-ring (bicyclic) bond motifs is 3. The fourth-order valence-electron chi connectivity index (χ4n) is 4.32. The number of nitrogens with one attached hydrogen (secondary N) is 2. The smallest absolute Gasteiger partial charge is 0.256 e. The molecule has 2 aliphatic rings. The summed E-state index contributed by atoms with van der Waals surface area (Å²) < 4.78 is 11.6. The molecule has 0 fully saturated rings. The number of nitrogens with zero attached hydrogens (tertiary/aromatic N) is 1. The van der Waals surface area contributed by atoms with Crippen molar-refractivity contribution in [2.24, 2.45) is 0 Å². The number of carbonyl (C=O) groups excluding carboxylic acids is 1. The van der Waals surface area contributed by atoms with Gasteiger partial charge in [0.2, 0.25) is 0 Å². The van der Waals surface area contributed by atoms with Crippen molar-refractivity contribution in [1.29, 1.82) is 0 Å². The summed E-state index contributed by atoms with van der Waals surface area (Å²) in [6, 6.07) is 15.8. The molecular formula is C25H27N3O3S. The molecule has 1 aromatic heterocycles. The molecule has 0 aliphatic carbocycles. The second-order valence-electron chi connectivity index (χ2n) is 8.06. The molecule has 7 heteroatoms. The third kappa shape index (κ3) is 3.94. The van der Waals surface area contributed by atoms with Gasteiger partial charge in [-0.3, -0.25) is 9.69 Å². The van der Waals surface area contributed by atoms with Gasteiger partial charge in [-0.2, -0.15) is 0 Å². The average molecular weight is 450 g/mol. The van der Waals surface area contributed by atoms with Crippen molar-refractivity contribution in [3.05, 3.63) is 75.7 Å². The molecule has 0 saturated heterocycles. The Kier molecular flexibility index (Phi) is 5.76. The van der Waals surface area contributed by atoms with Gasteiger partial charge < -0.3 is 20.1 Å². The first-order valence-electron chi connectivity index (χ1n) is 10.9. The van der Waals surface area contributed by atoms with Gasteiger partial charge >= 0.3 is 0 Å². The van der Waals surface area contributed by atoms with Crippen LogP contribution in [0, 0.1) is 0 Å². The Labute approximate surface area is 192 Å². The number of hydrogen-bond donors (Lipinski definition) is 2. The van der Waals surface area contributed by atoms with E-state index in [-0.39, 0.29) is 12.1 Å². The SMILES string of the molecule is CCN1CCc2c(sc3c2C(=O)N[C@H](c2ccc(OCc4ccccc4)c(OC)c2)N3)C1. The second-order valence-corrected chi connectivity index (χ2v) is 9.17. The lowest BCUT2D eigenvalue weighted by molar-refractivity contribution is 0.0934. The number of methoxy groups -OCH3 is 1. The number of hydrogen-bond acceptors (Lipinski definition) is 6. The zero-order chi connectivity index (χ0) is 22.1. The van der Waals surface area contributed by atoms with Crippen LogP contribution in [0.5, 0.6) is 11.5 Å². The van der Waals surface area contributed by atoms with Gasteiger partial charge in [0.05, 0.1) is 12.7 Å². The molecule has 1 amide bonds. The number of carbonyl (C=O) groups is 1. The van der Waals surface area contributed by atoms with E-state index >= 15 is 0 Å². The summed E-state index contributed by atoms with van der Waals surface area (Å²) >= 11 is 1.71. The summed E-state index contributed by atoms with van der Waals surface area (Å²) in [6.45, 7) is 5.60. The minimum atomic E-state index is -0.311. The average Bonchev–Trinajstić information content (AvgIpc) is 3.21. The zero-order valence-electron chi connectivity index (χ0n) is 18.3. The summed E-state index contributed by atoms with van der Waals surface area (Å²) in [5, 5.41) is 7.62. The molecule has 166 valence electrons. The standard InChI is InChI=1S/C25H27N3O3S/c1-3-28-12-11-18-21(14-28)32-25-22(18)24(29)26-23(27-25)17-9-10-19(20(13-17)30-2)31-15-16-7-5-4-6-8-16/h4-10,13,23,27H,3,11-12,14-15H2,1-2H3,(H,26,29)/t23-/m0/s1. The molecule has 0 bridgehead atoms. The van der Waals surface area contributed by atoms with Crippen LogP contribution in [0.15, 0.2) is 48.5 Å². The predicted molar refractivity (Wildman–Crippen MR) is 127 cm³/mol. The fraction of sp³-hybridized carbons (Fsp3) is 0.320. The van der Waals surface area contributed by atoms with Gasteiger partial charge in [-0.25, -0.2) is 0 Å². The Bertz CT molecular complexity index is 1130. The van der Waals surface area contributed by atoms with Gasteiger partial charge in [-0.05, 0) is 41.8 Å². The maximum absolute atomic E-state index is 13.0. The normalized spacial score (nSPS) is 17.7. The molecule has 3 aromatic rings. The largest absolute Gasteiger partial charge is 0.493 e. The highest BCUT2D eigenvalue weighted by molar-refractivity contribution is 7.16. The van der Waals surface area contributed by atoms with Crippen molar-refractivity contribution in [3.63, 3.8) is 0 Å². The molecule has 5 rings (SSSR count). The first-order chi connectivity index (χ1) is 15.7. The van der Waals surface area contributed by atoms with Crippen molar-refractivity contribution < 1.29 is 14.3 Å². The molecule has 0 spiro atoms. The molecule has 2 N–H and O–H groups in total. The van der Waals surface area contributed by atoms with Crippen molar-refractivity contribution in [2.75, 3.05) is 25.5 Å². The summed E-state index contributed by atoms with van der Waals surface area (Å²) in [5.74, 6) is 1.31. The molecule has 2 aromatic carbocycles. The Morgan fingerprint density at radius 3 is 2.75 bits per heavy atom. The summed E-state index contributed by atoms with van der Waals surface area (Å²) in [6.07, 6.45) is 0.616. The van der Waals surface area contributed by atoms with E-state index < -0.39 is 0 Å². The Morgan fingerprint density at radius 2 is 1.97 bits per heavy atom. The van der Waals surface area contributed by atoms with Gasteiger partial charge in [0.15, 0.2) is 11.5 Å². The molecule has 6 nitrogen and oxygen atoms in total. The molecule has 32 heavy (non-hydrogen) atoms. The number of thiophene rings is 1. The molecule has 3 heterocycles. The van der Waals surface area contributed by atoms with E-state index in [0.29, 0.717) is 18.1 Å². The highest BCUT2D eigenvalue weighted by Crippen LogP contribution is 2.41. The van der Waals surface area contributed by atoms with E-state index in [0.717, 1.165) is 47.7 Å². The van der Waals surface area contributed by atoms with E-state index in [4.69, 9.17) is 9.47 Å². The summed E-state index contributed by atoms with van der Waals surface area (Å²) in [7, 11) is 1.63. The van der Waals surface area contributed by atoms with Crippen molar-refractivity contribution in [2.45, 2.75) is 32.7 Å². The van der Waals surface area contributed by atoms with Crippen molar-refractivity contribution >= 4 is 22.2 Å². The Hall–Kier alpha value is -3.03. The third-order valence-corrected chi connectivity index (χ3v) is 7.27. The monoisotopic (exact) mass is 449 g/mol. The molecular weight excluding hydrogens is 422 g/mol. The first-order valence-corrected chi connectivity index (χ1v) is 11.8. The van der Waals surface area contributed by atoms with Crippen LogP contribution in [0.25, 0.3) is 0 Å². The first kappa shape index (κ1) is 20.8. The highest BCUT2D eigenvalue weighted by Gasteiger charge is 2.33. The van der Waals surface area contributed by atoms with Crippen molar-refractivity contribution in [1.82, 2.24) is 10.2 Å². The maximum Gasteiger partial charge on any atom is 0.256 e. The maximum atomic E-state index is 13.0.